The fourth-order valence-electron chi connectivity index (χ4n) is 3.51. The lowest BCUT2D eigenvalue weighted by Crippen LogP contribution is -2.17. The molecule has 0 N–H and O–H groups in total. The summed E-state index contributed by atoms with van der Waals surface area (Å²) in [5.74, 6) is 0. The van der Waals surface area contributed by atoms with Crippen molar-refractivity contribution < 1.29 is 0 Å². The molecule has 2 heterocycles. The highest BCUT2D eigenvalue weighted by atomic mass is 35.5. The van der Waals surface area contributed by atoms with Crippen LogP contribution in [0.2, 0.25) is 5.02 Å². The number of benzene rings is 2. The molecule has 0 spiro atoms. The Kier molecular flexibility index (Phi) is 5.79. The van der Waals surface area contributed by atoms with Crippen molar-refractivity contribution in [1.82, 2.24) is 24.5 Å². The Morgan fingerprint density at radius 1 is 0.931 bits per heavy atom. The van der Waals surface area contributed by atoms with Gasteiger partial charge in [-0.1, -0.05) is 60.1 Å². The molecular formula is C23H24ClN5. The van der Waals surface area contributed by atoms with Crippen LogP contribution in [0.5, 0.6) is 0 Å². The van der Waals surface area contributed by atoms with Gasteiger partial charge in [-0.05, 0) is 18.7 Å². The second kappa shape index (κ2) is 8.64. The number of halogens is 1. The highest BCUT2D eigenvalue weighted by Gasteiger charge is 2.14. The van der Waals surface area contributed by atoms with E-state index in [0.29, 0.717) is 6.54 Å². The van der Waals surface area contributed by atoms with E-state index in [1.54, 1.807) is 0 Å². The average Bonchev–Trinajstić information content (AvgIpc) is 3.30. The molecule has 148 valence electrons. The van der Waals surface area contributed by atoms with Gasteiger partial charge in [0.05, 0.1) is 18.4 Å². The Bertz CT molecular complexity index is 1080. The van der Waals surface area contributed by atoms with Crippen molar-refractivity contribution in [2.45, 2.75) is 19.6 Å². The third-order valence-electron chi connectivity index (χ3n) is 4.83. The van der Waals surface area contributed by atoms with E-state index in [4.69, 9.17) is 16.7 Å². The summed E-state index contributed by atoms with van der Waals surface area (Å²) < 4.78 is 3.82. The lowest BCUT2D eigenvalue weighted by molar-refractivity contribution is 0.319. The molecule has 0 bridgehead atoms. The number of nitrogens with zero attached hydrogens (tertiary/aromatic N) is 5. The third-order valence-corrected chi connectivity index (χ3v) is 5.19. The van der Waals surface area contributed by atoms with Crippen LogP contribution in [0.15, 0.2) is 73.2 Å². The molecule has 5 nitrogen and oxygen atoms in total. The van der Waals surface area contributed by atoms with Crippen LogP contribution in [0, 0.1) is 0 Å². The molecule has 0 fully saturated rings. The van der Waals surface area contributed by atoms with Crippen molar-refractivity contribution in [2.75, 3.05) is 7.05 Å². The van der Waals surface area contributed by atoms with Gasteiger partial charge in [0.15, 0.2) is 0 Å². The SMILES string of the molecule is CN(Cc1cnn(C)c1)Cc1cn(Cc2ccccc2Cl)nc1-c1ccccc1. The molecule has 0 radical (unpaired) electrons. The second-order valence-electron chi connectivity index (χ2n) is 7.35. The van der Waals surface area contributed by atoms with E-state index in [2.05, 4.69) is 41.6 Å². The maximum Gasteiger partial charge on any atom is 0.0968 e. The smallest absolute Gasteiger partial charge is 0.0968 e. The molecule has 0 aliphatic rings. The van der Waals surface area contributed by atoms with Gasteiger partial charge in [0.2, 0.25) is 0 Å². The van der Waals surface area contributed by atoms with Gasteiger partial charge in [-0.15, -0.1) is 0 Å². The van der Waals surface area contributed by atoms with Gasteiger partial charge < -0.3 is 0 Å². The number of rotatable bonds is 7. The minimum absolute atomic E-state index is 0.645. The summed E-state index contributed by atoms with van der Waals surface area (Å²) in [6, 6.07) is 18.2. The van der Waals surface area contributed by atoms with Crippen LogP contribution in [0.1, 0.15) is 16.7 Å². The van der Waals surface area contributed by atoms with Gasteiger partial charge in [-0.25, -0.2) is 0 Å². The lowest BCUT2D eigenvalue weighted by Gasteiger charge is -2.15. The summed E-state index contributed by atoms with van der Waals surface area (Å²) in [6.07, 6.45) is 6.09. The first-order valence-corrected chi connectivity index (χ1v) is 9.97. The molecule has 0 saturated heterocycles. The van der Waals surface area contributed by atoms with Crippen LogP contribution < -0.4 is 0 Å². The van der Waals surface area contributed by atoms with Crippen molar-refractivity contribution in [2.24, 2.45) is 7.05 Å². The predicted octanol–water partition coefficient (Wildman–Crippen LogP) is 4.62. The Morgan fingerprint density at radius 2 is 1.69 bits per heavy atom. The van der Waals surface area contributed by atoms with E-state index in [9.17, 15) is 0 Å². The summed E-state index contributed by atoms with van der Waals surface area (Å²) in [7, 11) is 4.06. The highest BCUT2D eigenvalue weighted by Crippen LogP contribution is 2.25. The van der Waals surface area contributed by atoms with Crippen LogP contribution in [-0.4, -0.2) is 31.5 Å². The first-order chi connectivity index (χ1) is 14.1. The van der Waals surface area contributed by atoms with Gasteiger partial charge in [0.1, 0.15) is 0 Å². The van der Waals surface area contributed by atoms with Crippen molar-refractivity contribution in [1.29, 1.82) is 0 Å². The second-order valence-corrected chi connectivity index (χ2v) is 7.76. The summed E-state index contributed by atoms with van der Waals surface area (Å²) in [5.41, 5.74) is 5.58. The zero-order valence-electron chi connectivity index (χ0n) is 16.7. The number of hydrogen-bond acceptors (Lipinski definition) is 3. The maximum absolute atomic E-state index is 6.36. The van der Waals surface area contributed by atoms with Crippen molar-refractivity contribution in [3.63, 3.8) is 0 Å². The van der Waals surface area contributed by atoms with Crippen LogP contribution in [0.3, 0.4) is 0 Å². The molecule has 2 aromatic heterocycles. The fourth-order valence-corrected chi connectivity index (χ4v) is 3.71. The molecule has 29 heavy (non-hydrogen) atoms. The van der Waals surface area contributed by atoms with Gasteiger partial charge in [0.25, 0.3) is 0 Å². The standard InChI is InChI=1S/C23H24ClN5/c1-27(13-18-12-25-28(2)14-18)15-21-17-29(16-20-10-6-7-11-22(20)24)26-23(21)19-8-4-3-5-9-19/h3-12,14,17H,13,15-16H2,1-2H3. The Balaban J connectivity index is 1.60. The van der Waals surface area contributed by atoms with Crippen LogP contribution in [-0.2, 0) is 26.7 Å². The zero-order valence-corrected chi connectivity index (χ0v) is 17.4. The van der Waals surface area contributed by atoms with Gasteiger partial charge >= 0.3 is 0 Å². The minimum atomic E-state index is 0.645. The molecule has 0 unspecified atom stereocenters. The lowest BCUT2D eigenvalue weighted by atomic mass is 10.1. The number of aryl methyl sites for hydroxylation is 1. The number of hydrogen-bond donors (Lipinski definition) is 0. The Labute approximate surface area is 176 Å². The van der Waals surface area contributed by atoms with E-state index in [1.807, 2.05) is 65.1 Å². The molecule has 0 amide bonds. The molecule has 0 atom stereocenters. The molecule has 6 heteroatoms. The van der Waals surface area contributed by atoms with E-state index in [0.717, 1.165) is 34.9 Å². The van der Waals surface area contributed by atoms with Gasteiger partial charge in [0, 0.05) is 54.2 Å². The molecule has 0 saturated carbocycles. The average molecular weight is 406 g/mol. The molecule has 0 aliphatic carbocycles. The van der Waals surface area contributed by atoms with Crippen molar-refractivity contribution in [3.05, 3.63) is 94.9 Å². The normalized spacial score (nSPS) is 11.3. The summed E-state index contributed by atoms with van der Waals surface area (Å²) in [4.78, 5) is 2.28. The van der Waals surface area contributed by atoms with Gasteiger partial charge in [-0.3, -0.25) is 14.3 Å². The number of aromatic nitrogens is 4. The summed E-state index contributed by atoms with van der Waals surface area (Å²) in [5, 5.41) is 9.92. The van der Waals surface area contributed by atoms with E-state index in [1.165, 1.54) is 11.1 Å². The highest BCUT2D eigenvalue weighted by molar-refractivity contribution is 6.31. The molecule has 4 aromatic rings. The topological polar surface area (TPSA) is 38.9 Å². The van der Waals surface area contributed by atoms with Gasteiger partial charge in [-0.2, -0.15) is 10.2 Å². The molecule has 4 rings (SSSR count). The van der Waals surface area contributed by atoms with E-state index < -0.39 is 0 Å². The van der Waals surface area contributed by atoms with E-state index >= 15 is 0 Å². The maximum atomic E-state index is 6.36. The first kappa shape index (κ1) is 19.4. The fraction of sp³-hybridized carbons (Fsp3) is 0.217. The van der Waals surface area contributed by atoms with Crippen LogP contribution in [0.4, 0.5) is 0 Å². The minimum Gasteiger partial charge on any atom is -0.298 e. The van der Waals surface area contributed by atoms with Crippen molar-refractivity contribution >= 4 is 11.6 Å². The van der Waals surface area contributed by atoms with Crippen LogP contribution >= 0.6 is 11.6 Å². The monoisotopic (exact) mass is 405 g/mol. The van der Waals surface area contributed by atoms with E-state index in [-0.39, 0.29) is 0 Å². The zero-order chi connectivity index (χ0) is 20.2. The molecule has 2 aromatic carbocycles. The first-order valence-electron chi connectivity index (χ1n) is 9.60. The summed E-state index contributed by atoms with van der Waals surface area (Å²) in [6.45, 7) is 2.27. The Morgan fingerprint density at radius 3 is 2.41 bits per heavy atom. The Hall–Kier alpha value is -2.89. The predicted molar refractivity (Wildman–Crippen MR) is 117 cm³/mol. The quantitative estimate of drug-likeness (QED) is 0.450. The van der Waals surface area contributed by atoms with Crippen molar-refractivity contribution in [3.8, 4) is 11.3 Å². The molecular weight excluding hydrogens is 382 g/mol. The van der Waals surface area contributed by atoms with Crippen LogP contribution in [0.25, 0.3) is 11.3 Å². The molecule has 0 aliphatic heterocycles. The third kappa shape index (κ3) is 4.75. The summed E-state index contributed by atoms with van der Waals surface area (Å²) >= 11 is 6.36. The largest absolute Gasteiger partial charge is 0.298 e.